The zero-order valence-electron chi connectivity index (χ0n) is 20.1. The van der Waals surface area contributed by atoms with Crippen LogP contribution in [0.3, 0.4) is 0 Å². The summed E-state index contributed by atoms with van der Waals surface area (Å²) in [6.45, 7) is 4.28. The Morgan fingerprint density at radius 3 is 2.75 bits per heavy atom. The summed E-state index contributed by atoms with van der Waals surface area (Å²) in [5, 5.41) is 17.0. The van der Waals surface area contributed by atoms with Crippen molar-refractivity contribution in [1.29, 1.82) is 0 Å². The molecule has 1 amide bonds. The van der Waals surface area contributed by atoms with Crippen molar-refractivity contribution < 1.29 is 9.90 Å². The molecular formula is C26H30N8O2. The molecule has 1 aliphatic carbocycles. The highest BCUT2D eigenvalue weighted by molar-refractivity contribution is 5.83. The smallest absolute Gasteiger partial charge is 0.407 e. The Morgan fingerprint density at radius 2 is 1.97 bits per heavy atom. The Bertz CT molecular complexity index is 1370. The monoisotopic (exact) mass is 486 g/mol. The molecule has 10 heteroatoms. The maximum absolute atomic E-state index is 11.1. The summed E-state index contributed by atoms with van der Waals surface area (Å²) in [5.74, 6) is 2.13. The number of hydrogen-bond donors (Lipinski definition) is 3. The lowest BCUT2D eigenvalue weighted by molar-refractivity contribution is 0.103. The molecule has 4 heterocycles. The molecule has 1 saturated carbocycles. The number of H-pyrrole nitrogens is 1. The third kappa shape index (κ3) is 4.90. The Kier molecular flexibility index (Phi) is 6.02. The fourth-order valence-electron chi connectivity index (χ4n) is 4.92. The molecule has 2 aliphatic rings. The van der Waals surface area contributed by atoms with Crippen LogP contribution in [-0.4, -0.2) is 71.9 Å². The van der Waals surface area contributed by atoms with Gasteiger partial charge in [-0.1, -0.05) is 12.5 Å². The summed E-state index contributed by atoms with van der Waals surface area (Å²) in [5.41, 5.74) is 5.18. The number of imidazole rings is 1. The molecule has 4 aromatic rings. The van der Waals surface area contributed by atoms with E-state index in [9.17, 15) is 4.79 Å². The highest BCUT2D eigenvalue weighted by Gasteiger charge is 2.21. The molecule has 3 aromatic heterocycles. The van der Waals surface area contributed by atoms with Crippen LogP contribution in [-0.2, 0) is 13.1 Å². The molecular weight excluding hydrogens is 456 g/mol. The van der Waals surface area contributed by atoms with Gasteiger partial charge in [-0.15, -0.1) is 0 Å². The van der Waals surface area contributed by atoms with E-state index in [4.69, 9.17) is 5.11 Å². The van der Waals surface area contributed by atoms with E-state index in [1.54, 1.807) is 6.20 Å². The quantitative estimate of drug-likeness (QED) is 0.359. The molecule has 2 fully saturated rings. The average Bonchev–Trinajstić information content (AvgIpc) is 3.48. The third-order valence-electron chi connectivity index (χ3n) is 7.24. The van der Waals surface area contributed by atoms with Crippen molar-refractivity contribution in [3.8, 4) is 11.1 Å². The van der Waals surface area contributed by atoms with Crippen LogP contribution in [0.15, 0.2) is 48.9 Å². The second kappa shape index (κ2) is 9.62. The molecule has 1 aliphatic heterocycles. The number of fused-ring (bicyclic) bond motifs is 1. The predicted molar refractivity (Wildman–Crippen MR) is 137 cm³/mol. The molecule has 36 heavy (non-hydrogen) atoms. The highest BCUT2D eigenvalue weighted by atomic mass is 16.4. The number of pyridine rings is 1. The SMILES string of the molecule is O=C(O)N1CCN(Cc2ccnc(Nc3nc4ccc(-c5cnn(CC6CCC6)c5)cc4[nH]3)c2)CC1. The molecule has 0 atom stereocenters. The highest BCUT2D eigenvalue weighted by Crippen LogP contribution is 2.29. The van der Waals surface area contributed by atoms with E-state index in [2.05, 4.69) is 53.3 Å². The van der Waals surface area contributed by atoms with E-state index >= 15 is 0 Å². The normalized spacial score (nSPS) is 16.8. The third-order valence-corrected chi connectivity index (χ3v) is 7.24. The van der Waals surface area contributed by atoms with Crippen LogP contribution >= 0.6 is 0 Å². The van der Waals surface area contributed by atoms with E-state index < -0.39 is 6.09 Å². The summed E-state index contributed by atoms with van der Waals surface area (Å²) in [7, 11) is 0. The van der Waals surface area contributed by atoms with Crippen LogP contribution < -0.4 is 5.32 Å². The average molecular weight is 487 g/mol. The molecule has 0 bridgehead atoms. The number of aromatic nitrogens is 5. The number of benzene rings is 1. The Morgan fingerprint density at radius 1 is 1.11 bits per heavy atom. The van der Waals surface area contributed by atoms with Crippen LogP contribution in [0.2, 0.25) is 0 Å². The van der Waals surface area contributed by atoms with E-state index in [0.29, 0.717) is 24.9 Å². The number of amides is 1. The van der Waals surface area contributed by atoms with Gasteiger partial charge < -0.3 is 20.3 Å². The first-order chi connectivity index (χ1) is 17.6. The molecule has 6 rings (SSSR count). The number of carbonyl (C=O) groups is 1. The number of rotatable bonds is 7. The van der Waals surface area contributed by atoms with Crippen LogP contribution in [0.1, 0.15) is 24.8 Å². The maximum atomic E-state index is 11.1. The van der Waals surface area contributed by atoms with Crippen LogP contribution in [0.4, 0.5) is 16.6 Å². The second-order valence-corrected chi connectivity index (χ2v) is 9.79. The van der Waals surface area contributed by atoms with E-state index in [0.717, 1.165) is 59.8 Å². The van der Waals surface area contributed by atoms with Gasteiger partial charge in [-0.25, -0.2) is 14.8 Å². The first-order valence-electron chi connectivity index (χ1n) is 12.5. The fourth-order valence-corrected chi connectivity index (χ4v) is 4.92. The number of nitrogens with zero attached hydrogens (tertiary/aromatic N) is 6. The molecule has 0 spiro atoms. The van der Waals surface area contributed by atoms with Crippen molar-refractivity contribution in [2.24, 2.45) is 5.92 Å². The summed E-state index contributed by atoms with van der Waals surface area (Å²) in [6, 6.07) is 10.2. The molecule has 10 nitrogen and oxygen atoms in total. The van der Waals surface area contributed by atoms with E-state index in [1.165, 1.54) is 24.2 Å². The lowest BCUT2D eigenvalue weighted by Crippen LogP contribution is -2.47. The number of aromatic amines is 1. The van der Waals surface area contributed by atoms with Gasteiger partial charge in [0.25, 0.3) is 0 Å². The topological polar surface area (TPSA) is 115 Å². The summed E-state index contributed by atoms with van der Waals surface area (Å²) >= 11 is 0. The van der Waals surface area contributed by atoms with Crippen molar-refractivity contribution in [3.63, 3.8) is 0 Å². The Labute approximate surface area is 209 Å². The van der Waals surface area contributed by atoms with Crippen LogP contribution in [0.5, 0.6) is 0 Å². The van der Waals surface area contributed by atoms with Gasteiger partial charge in [-0.3, -0.25) is 9.58 Å². The Hall–Kier alpha value is -3.92. The Balaban J connectivity index is 1.12. The van der Waals surface area contributed by atoms with Gasteiger partial charge in [-0.2, -0.15) is 5.10 Å². The molecule has 0 unspecified atom stereocenters. The lowest BCUT2D eigenvalue weighted by Gasteiger charge is -2.33. The number of carboxylic acid groups (broad SMARTS) is 1. The standard InChI is InChI=1S/C26H30N8O2/c35-26(36)33-10-8-32(9-11-33)15-19-6-7-27-24(12-19)31-25-29-22-5-4-20(13-23(22)30-25)21-14-28-34(17-21)16-18-2-1-3-18/h4-7,12-14,17-18H,1-3,8-11,15-16H2,(H,35,36)(H2,27,29,30,31). The summed E-state index contributed by atoms with van der Waals surface area (Å²) in [6.07, 6.45) is 8.98. The molecule has 0 radical (unpaired) electrons. The van der Waals surface area contributed by atoms with Gasteiger partial charge in [0.1, 0.15) is 5.82 Å². The van der Waals surface area contributed by atoms with Gasteiger partial charge in [-0.05, 0) is 54.2 Å². The lowest BCUT2D eigenvalue weighted by atomic mass is 9.85. The van der Waals surface area contributed by atoms with E-state index in [1.807, 2.05) is 24.4 Å². The number of hydrogen-bond acceptors (Lipinski definition) is 6. The first kappa shape index (κ1) is 22.5. The molecule has 1 saturated heterocycles. The molecule has 1 aromatic carbocycles. The van der Waals surface area contributed by atoms with Crippen molar-refractivity contribution in [2.45, 2.75) is 32.4 Å². The predicted octanol–water partition coefficient (Wildman–Crippen LogP) is 4.16. The van der Waals surface area contributed by atoms with Crippen LogP contribution in [0.25, 0.3) is 22.2 Å². The summed E-state index contributed by atoms with van der Waals surface area (Å²) in [4.78, 5) is 27.3. The minimum absolute atomic E-state index is 0.536. The number of piperazine rings is 1. The van der Waals surface area contributed by atoms with Gasteiger partial charge in [0.15, 0.2) is 0 Å². The van der Waals surface area contributed by atoms with Crippen molar-refractivity contribution in [1.82, 2.24) is 34.5 Å². The zero-order chi connectivity index (χ0) is 24.5. The molecule has 3 N–H and O–H groups in total. The van der Waals surface area contributed by atoms with Crippen molar-refractivity contribution in [3.05, 3.63) is 54.5 Å². The van der Waals surface area contributed by atoms with Gasteiger partial charge in [0.2, 0.25) is 5.95 Å². The van der Waals surface area contributed by atoms with Crippen molar-refractivity contribution >= 4 is 28.9 Å². The second-order valence-electron chi connectivity index (χ2n) is 9.79. The van der Waals surface area contributed by atoms with E-state index in [-0.39, 0.29) is 0 Å². The fraction of sp³-hybridized carbons (Fsp3) is 0.385. The van der Waals surface area contributed by atoms with Crippen LogP contribution in [0, 0.1) is 5.92 Å². The van der Waals surface area contributed by atoms with Gasteiger partial charge in [0.05, 0.1) is 17.2 Å². The minimum Gasteiger partial charge on any atom is -0.465 e. The maximum Gasteiger partial charge on any atom is 0.407 e. The zero-order valence-corrected chi connectivity index (χ0v) is 20.1. The largest absolute Gasteiger partial charge is 0.465 e. The van der Waals surface area contributed by atoms with Gasteiger partial charge in [0, 0.05) is 57.2 Å². The molecule has 186 valence electrons. The number of nitrogens with one attached hydrogen (secondary N) is 2. The van der Waals surface area contributed by atoms with Gasteiger partial charge >= 0.3 is 6.09 Å². The first-order valence-corrected chi connectivity index (χ1v) is 12.5. The summed E-state index contributed by atoms with van der Waals surface area (Å²) < 4.78 is 2.06. The van der Waals surface area contributed by atoms with Crippen molar-refractivity contribution in [2.75, 3.05) is 31.5 Å². The minimum atomic E-state index is -0.845. The number of anilines is 2.